The number of aliphatic hydroxyl groups is 1. The summed E-state index contributed by atoms with van der Waals surface area (Å²) in [5.41, 5.74) is 0.439. The summed E-state index contributed by atoms with van der Waals surface area (Å²) in [5, 5.41) is 10.6. The summed E-state index contributed by atoms with van der Waals surface area (Å²) in [5.74, 6) is 0.0730. The monoisotopic (exact) mass is 336 g/mol. The number of benzene rings is 1. The molecule has 0 aliphatic carbocycles. The molecule has 1 unspecified atom stereocenters. The van der Waals surface area contributed by atoms with Crippen molar-refractivity contribution in [2.75, 3.05) is 6.54 Å². The van der Waals surface area contributed by atoms with Gasteiger partial charge in [-0.05, 0) is 32.9 Å². The molecule has 3 atom stereocenters. The number of oxazole rings is 1. The van der Waals surface area contributed by atoms with Gasteiger partial charge in [-0.2, -0.15) is 0 Å². The molecule has 1 aliphatic rings. The topological polar surface area (TPSA) is 75.8 Å². The second-order valence-corrected chi connectivity index (χ2v) is 7.00. The predicted molar refractivity (Wildman–Crippen MR) is 85.2 cm³/mol. The van der Waals surface area contributed by atoms with Gasteiger partial charge in [0, 0.05) is 6.42 Å². The smallest absolute Gasteiger partial charge is 0.410 e. The Morgan fingerprint density at radius 1 is 1.46 bits per heavy atom. The van der Waals surface area contributed by atoms with Crippen molar-refractivity contribution in [1.29, 1.82) is 0 Å². The minimum atomic E-state index is -1.22. The van der Waals surface area contributed by atoms with E-state index in [1.54, 1.807) is 45.0 Å². The van der Waals surface area contributed by atoms with Gasteiger partial charge >= 0.3 is 6.09 Å². The zero-order chi connectivity index (χ0) is 17.5. The second kappa shape index (κ2) is 6.05. The Labute approximate surface area is 139 Å². The number of nitrogens with zero attached hydrogens (tertiary/aromatic N) is 2. The van der Waals surface area contributed by atoms with Gasteiger partial charge in [-0.3, -0.25) is 4.90 Å². The van der Waals surface area contributed by atoms with Gasteiger partial charge in [0.15, 0.2) is 11.7 Å². The summed E-state index contributed by atoms with van der Waals surface area (Å²) in [4.78, 5) is 17.8. The highest BCUT2D eigenvalue weighted by atomic mass is 19.1. The van der Waals surface area contributed by atoms with Crippen molar-refractivity contribution in [3.63, 3.8) is 0 Å². The number of halogens is 1. The highest BCUT2D eigenvalue weighted by molar-refractivity contribution is 5.72. The molecule has 1 saturated heterocycles. The molecule has 0 radical (unpaired) electrons. The van der Waals surface area contributed by atoms with E-state index < -0.39 is 30.0 Å². The molecule has 0 saturated carbocycles. The number of likely N-dealkylation sites (tertiary alicyclic amines) is 1. The van der Waals surface area contributed by atoms with Crippen LogP contribution in [-0.2, 0) is 4.74 Å². The number of amides is 1. The maximum absolute atomic E-state index is 13.9. The average Bonchev–Trinajstić information content (AvgIpc) is 3.08. The quantitative estimate of drug-likeness (QED) is 0.911. The number of para-hydroxylation sites is 2. The molecule has 7 heteroatoms. The third kappa shape index (κ3) is 3.36. The molecule has 0 bridgehead atoms. The number of hydrogen-bond donors (Lipinski definition) is 1. The summed E-state index contributed by atoms with van der Waals surface area (Å²) >= 11 is 0. The van der Waals surface area contributed by atoms with Crippen LogP contribution in [0.3, 0.4) is 0 Å². The van der Waals surface area contributed by atoms with Gasteiger partial charge in [-0.25, -0.2) is 14.2 Å². The number of fused-ring (bicyclic) bond motifs is 1. The fourth-order valence-electron chi connectivity index (χ4n) is 2.82. The van der Waals surface area contributed by atoms with Crippen LogP contribution in [0.4, 0.5) is 9.18 Å². The van der Waals surface area contributed by atoms with Gasteiger partial charge in [-0.1, -0.05) is 12.1 Å². The Bertz CT molecular complexity index is 707. The minimum Gasteiger partial charge on any atom is -0.444 e. The molecule has 6 nitrogen and oxygen atoms in total. The lowest BCUT2D eigenvalue weighted by Crippen LogP contribution is -2.42. The molecule has 1 aliphatic heterocycles. The van der Waals surface area contributed by atoms with Gasteiger partial charge in [-0.15, -0.1) is 0 Å². The van der Waals surface area contributed by atoms with Crippen LogP contribution < -0.4 is 0 Å². The average molecular weight is 336 g/mol. The van der Waals surface area contributed by atoms with Crippen molar-refractivity contribution >= 4 is 17.2 Å². The lowest BCUT2D eigenvalue weighted by atomic mass is 10.1. The molecule has 1 aromatic heterocycles. The number of carbonyl (C=O) groups is 1. The van der Waals surface area contributed by atoms with Gasteiger partial charge in [0.1, 0.15) is 17.3 Å². The number of ether oxygens (including phenoxy) is 1. The molecule has 1 fully saturated rings. The number of hydrogen-bond acceptors (Lipinski definition) is 5. The predicted octanol–water partition coefficient (Wildman–Crippen LogP) is 3.21. The Kier molecular flexibility index (Phi) is 4.21. The number of alkyl halides is 1. The molecule has 2 heterocycles. The van der Waals surface area contributed by atoms with E-state index in [0.717, 1.165) is 0 Å². The Morgan fingerprint density at radius 3 is 2.83 bits per heavy atom. The van der Waals surface area contributed by atoms with E-state index >= 15 is 0 Å². The first kappa shape index (κ1) is 16.7. The Morgan fingerprint density at radius 2 is 2.17 bits per heavy atom. The Hall–Kier alpha value is -2.15. The van der Waals surface area contributed by atoms with Crippen LogP contribution in [0.2, 0.25) is 0 Å². The second-order valence-electron chi connectivity index (χ2n) is 7.00. The first-order valence-electron chi connectivity index (χ1n) is 7.92. The molecule has 0 spiro atoms. The third-order valence-electron chi connectivity index (χ3n) is 3.85. The summed E-state index contributed by atoms with van der Waals surface area (Å²) in [7, 11) is 0. The molecular formula is C17H21FN2O4. The van der Waals surface area contributed by atoms with Gasteiger partial charge in [0.25, 0.3) is 0 Å². The summed E-state index contributed by atoms with van der Waals surface area (Å²) in [6, 6.07) is 6.32. The molecule has 3 rings (SSSR count). The van der Waals surface area contributed by atoms with Gasteiger partial charge in [0.05, 0.1) is 12.6 Å². The van der Waals surface area contributed by atoms with Gasteiger partial charge < -0.3 is 14.3 Å². The molecule has 130 valence electrons. The molecule has 2 aromatic rings. The number of rotatable bonds is 2. The van der Waals surface area contributed by atoms with Crippen LogP contribution >= 0.6 is 0 Å². The number of carbonyl (C=O) groups excluding carboxylic acids is 1. The normalized spacial score (nSPS) is 22.8. The highest BCUT2D eigenvalue weighted by Crippen LogP contribution is 2.33. The summed E-state index contributed by atoms with van der Waals surface area (Å²) in [6.45, 7) is 5.09. The van der Waals surface area contributed by atoms with E-state index in [0.29, 0.717) is 11.1 Å². The Balaban J connectivity index is 1.83. The first-order chi connectivity index (χ1) is 11.2. The van der Waals surface area contributed by atoms with Crippen molar-refractivity contribution in [2.45, 2.75) is 51.1 Å². The first-order valence-corrected chi connectivity index (χ1v) is 7.92. The van der Waals surface area contributed by atoms with E-state index in [-0.39, 0.29) is 18.9 Å². The van der Waals surface area contributed by atoms with E-state index in [1.165, 1.54) is 4.90 Å². The van der Waals surface area contributed by atoms with E-state index in [9.17, 15) is 14.3 Å². The van der Waals surface area contributed by atoms with E-state index in [1.807, 2.05) is 0 Å². The largest absolute Gasteiger partial charge is 0.444 e. The van der Waals surface area contributed by atoms with Crippen molar-refractivity contribution < 1.29 is 23.4 Å². The van der Waals surface area contributed by atoms with Crippen molar-refractivity contribution in [2.24, 2.45) is 0 Å². The summed E-state index contributed by atoms with van der Waals surface area (Å²) in [6.07, 6.45) is -3.07. The maximum atomic E-state index is 13.9. The van der Waals surface area contributed by atoms with Crippen LogP contribution in [0.25, 0.3) is 11.1 Å². The molecular weight excluding hydrogens is 315 g/mol. The SMILES string of the molecule is CC(C)(C)OC(=O)N1C[C@@H](F)C[C@H]1C(O)c1nc2ccccc2o1. The van der Waals surface area contributed by atoms with Crippen LogP contribution in [0, 0.1) is 0 Å². The maximum Gasteiger partial charge on any atom is 0.410 e. The lowest BCUT2D eigenvalue weighted by molar-refractivity contribution is 0.000390. The fourth-order valence-corrected chi connectivity index (χ4v) is 2.82. The van der Waals surface area contributed by atoms with Crippen LogP contribution in [0.15, 0.2) is 28.7 Å². The zero-order valence-corrected chi connectivity index (χ0v) is 13.9. The van der Waals surface area contributed by atoms with Gasteiger partial charge in [0.2, 0.25) is 5.89 Å². The van der Waals surface area contributed by atoms with Crippen molar-refractivity contribution in [3.8, 4) is 0 Å². The summed E-state index contributed by atoms with van der Waals surface area (Å²) < 4.78 is 24.7. The molecule has 24 heavy (non-hydrogen) atoms. The highest BCUT2D eigenvalue weighted by Gasteiger charge is 2.43. The van der Waals surface area contributed by atoms with Crippen molar-refractivity contribution in [3.05, 3.63) is 30.2 Å². The number of aromatic nitrogens is 1. The molecule has 1 aromatic carbocycles. The minimum absolute atomic E-state index is 0.0130. The lowest BCUT2D eigenvalue weighted by Gasteiger charge is -2.29. The van der Waals surface area contributed by atoms with Crippen LogP contribution in [0.5, 0.6) is 0 Å². The third-order valence-corrected chi connectivity index (χ3v) is 3.85. The van der Waals surface area contributed by atoms with Crippen molar-refractivity contribution in [1.82, 2.24) is 9.88 Å². The zero-order valence-electron chi connectivity index (χ0n) is 13.9. The van der Waals surface area contributed by atoms with E-state index in [4.69, 9.17) is 9.15 Å². The fraction of sp³-hybridized carbons (Fsp3) is 0.529. The number of aliphatic hydroxyl groups excluding tert-OH is 1. The standard InChI is InChI=1S/C17H21FN2O4/c1-17(2,3)24-16(22)20-9-10(18)8-12(20)14(21)15-19-11-6-4-5-7-13(11)23-15/h4-7,10,12,14,21H,8-9H2,1-3H3/t10-,12-,14?/m0/s1. The van der Waals surface area contributed by atoms with Crippen LogP contribution in [0.1, 0.15) is 39.2 Å². The molecule has 1 N–H and O–H groups in total. The van der Waals surface area contributed by atoms with Crippen LogP contribution in [-0.4, -0.2) is 45.4 Å². The molecule has 1 amide bonds. The van der Waals surface area contributed by atoms with E-state index in [2.05, 4.69) is 4.98 Å².